The average molecular weight is 401 g/mol. The van der Waals surface area contributed by atoms with Gasteiger partial charge in [0.1, 0.15) is 0 Å². The highest BCUT2D eigenvalue weighted by Gasteiger charge is 2.12. The second-order valence-electron chi connectivity index (χ2n) is 5.86. The predicted octanol–water partition coefficient (Wildman–Crippen LogP) is 4.98. The lowest BCUT2D eigenvalue weighted by Gasteiger charge is -2.06. The Morgan fingerprint density at radius 2 is 1.76 bits per heavy atom. The first-order valence-corrected chi connectivity index (χ1v) is 8.67. The third-order valence-corrected chi connectivity index (χ3v) is 4.23. The molecule has 0 radical (unpaired) electrons. The van der Waals surface area contributed by atoms with Crippen molar-refractivity contribution in [2.45, 2.75) is 26.4 Å². The first kappa shape index (κ1) is 17.4. The number of nitrogens with zero attached hydrogens (tertiary/aromatic N) is 2. The van der Waals surface area contributed by atoms with Crippen LogP contribution < -0.4 is 0 Å². The molecule has 1 heterocycles. The molecule has 0 N–H and O–H groups in total. The summed E-state index contributed by atoms with van der Waals surface area (Å²) in [7, 11) is 0. The number of halogens is 1. The number of ether oxygens (including phenoxy) is 1. The van der Waals surface area contributed by atoms with Crippen LogP contribution >= 0.6 is 15.9 Å². The lowest BCUT2D eigenvalue weighted by Crippen LogP contribution is -2.05. The van der Waals surface area contributed by atoms with Gasteiger partial charge in [-0.05, 0) is 47.9 Å². The predicted molar refractivity (Wildman–Crippen MR) is 97.1 cm³/mol. The Morgan fingerprint density at radius 3 is 2.40 bits per heavy atom. The molecular weight excluding hydrogens is 384 g/mol. The minimum absolute atomic E-state index is 0.0612. The van der Waals surface area contributed by atoms with Crippen molar-refractivity contribution in [1.29, 1.82) is 0 Å². The minimum Gasteiger partial charge on any atom is -0.452 e. The van der Waals surface area contributed by atoms with Crippen LogP contribution in [0.1, 0.15) is 41.6 Å². The highest BCUT2D eigenvalue weighted by Crippen LogP contribution is 2.21. The minimum atomic E-state index is -0.418. The van der Waals surface area contributed by atoms with Gasteiger partial charge in [-0.15, -0.1) is 10.2 Å². The van der Waals surface area contributed by atoms with Gasteiger partial charge in [0, 0.05) is 10.0 Å². The largest absolute Gasteiger partial charge is 0.452 e. The van der Waals surface area contributed by atoms with Crippen molar-refractivity contribution in [3.63, 3.8) is 0 Å². The molecule has 6 heteroatoms. The smallest absolute Gasteiger partial charge is 0.338 e. The highest BCUT2D eigenvalue weighted by atomic mass is 79.9. The van der Waals surface area contributed by atoms with Crippen molar-refractivity contribution in [2.75, 3.05) is 0 Å². The molecule has 5 nitrogen and oxygen atoms in total. The summed E-state index contributed by atoms with van der Waals surface area (Å²) in [4.78, 5) is 12.1. The van der Waals surface area contributed by atoms with E-state index in [4.69, 9.17) is 9.15 Å². The second kappa shape index (κ2) is 7.61. The SMILES string of the molecule is CC(C)c1ccc(C(=O)OCc2nnc(-c3ccc(Br)cc3)o2)cc1. The molecule has 0 bridgehead atoms. The summed E-state index contributed by atoms with van der Waals surface area (Å²) in [6.45, 7) is 4.14. The zero-order chi connectivity index (χ0) is 17.8. The van der Waals surface area contributed by atoms with E-state index >= 15 is 0 Å². The van der Waals surface area contributed by atoms with Gasteiger partial charge in [0.15, 0.2) is 6.61 Å². The van der Waals surface area contributed by atoms with Gasteiger partial charge in [0.05, 0.1) is 5.56 Å². The summed E-state index contributed by atoms with van der Waals surface area (Å²) in [5.74, 6) is 0.643. The van der Waals surface area contributed by atoms with E-state index in [0.29, 0.717) is 17.4 Å². The number of benzene rings is 2. The van der Waals surface area contributed by atoms with Crippen LogP contribution in [0.5, 0.6) is 0 Å². The number of aromatic nitrogens is 2. The van der Waals surface area contributed by atoms with Gasteiger partial charge in [-0.2, -0.15) is 0 Å². The highest BCUT2D eigenvalue weighted by molar-refractivity contribution is 9.10. The Balaban J connectivity index is 1.61. The molecule has 1 aromatic heterocycles. The molecular formula is C19H17BrN2O3. The molecule has 0 aliphatic rings. The lowest BCUT2D eigenvalue weighted by atomic mass is 10.0. The topological polar surface area (TPSA) is 65.2 Å². The number of rotatable bonds is 5. The van der Waals surface area contributed by atoms with Crippen molar-refractivity contribution in [1.82, 2.24) is 10.2 Å². The number of carbonyl (C=O) groups excluding carboxylic acids is 1. The Morgan fingerprint density at radius 1 is 1.08 bits per heavy atom. The van der Waals surface area contributed by atoms with Crippen LogP contribution in [0.15, 0.2) is 57.4 Å². The Labute approximate surface area is 154 Å². The van der Waals surface area contributed by atoms with Crippen molar-refractivity contribution in [3.8, 4) is 11.5 Å². The van der Waals surface area contributed by atoms with Crippen LogP contribution in [0.3, 0.4) is 0 Å². The summed E-state index contributed by atoms with van der Waals surface area (Å²) < 4.78 is 11.7. The molecule has 0 saturated carbocycles. The van der Waals surface area contributed by atoms with Gasteiger partial charge in [0.25, 0.3) is 5.89 Å². The fraction of sp³-hybridized carbons (Fsp3) is 0.211. The first-order chi connectivity index (χ1) is 12.0. The number of hydrogen-bond acceptors (Lipinski definition) is 5. The maximum Gasteiger partial charge on any atom is 0.338 e. The zero-order valence-corrected chi connectivity index (χ0v) is 15.5. The molecule has 0 saturated heterocycles. The Hall–Kier alpha value is -2.47. The molecule has 0 aliphatic carbocycles. The number of hydrogen-bond donors (Lipinski definition) is 0. The van der Waals surface area contributed by atoms with E-state index in [0.717, 1.165) is 10.0 Å². The van der Waals surface area contributed by atoms with Gasteiger partial charge in [-0.1, -0.05) is 41.9 Å². The van der Waals surface area contributed by atoms with Crippen molar-refractivity contribution in [3.05, 3.63) is 70.0 Å². The van der Waals surface area contributed by atoms with E-state index in [9.17, 15) is 4.79 Å². The molecule has 2 aromatic carbocycles. The molecule has 0 spiro atoms. The van der Waals surface area contributed by atoms with Crippen LogP contribution in [-0.4, -0.2) is 16.2 Å². The normalized spacial score (nSPS) is 10.9. The van der Waals surface area contributed by atoms with Crippen LogP contribution in [0.2, 0.25) is 0 Å². The zero-order valence-electron chi connectivity index (χ0n) is 13.9. The van der Waals surface area contributed by atoms with E-state index in [1.165, 1.54) is 5.56 Å². The van der Waals surface area contributed by atoms with Crippen LogP contribution in [-0.2, 0) is 11.3 Å². The van der Waals surface area contributed by atoms with Gasteiger partial charge in [-0.3, -0.25) is 0 Å². The quantitative estimate of drug-likeness (QED) is 0.565. The van der Waals surface area contributed by atoms with E-state index in [1.54, 1.807) is 12.1 Å². The maximum atomic E-state index is 12.1. The van der Waals surface area contributed by atoms with Crippen LogP contribution in [0.25, 0.3) is 11.5 Å². The summed E-state index contributed by atoms with van der Waals surface area (Å²) in [5, 5.41) is 7.89. The Kier molecular flexibility index (Phi) is 5.28. The number of carbonyl (C=O) groups is 1. The summed E-state index contributed by atoms with van der Waals surface area (Å²) in [5.41, 5.74) is 2.47. The third kappa shape index (κ3) is 4.33. The van der Waals surface area contributed by atoms with Crippen LogP contribution in [0.4, 0.5) is 0 Å². The van der Waals surface area contributed by atoms with Crippen molar-refractivity contribution < 1.29 is 13.9 Å². The van der Waals surface area contributed by atoms with Gasteiger partial charge >= 0.3 is 5.97 Å². The molecule has 25 heavy (non-hydrogen) atoms. The first-order valence-electron chi connectivity index (χ1n) is 7.88. The Bertz CT molecular complexity index is 855. The van der Waals surface area contributed by atoms with Crippen molar-refractivity contribution in [2.24, 2.45) is 0 Å². The van der Waals surface area contributed by atoms with E-state index in [1.807, 2.05) is 36.4 Å². The molecule has 0 atom stereocenters. The molecule has 3 rings (SSSR count). The summed E-state index contributed by atoms with van der Waals surface area (Å²) in [6.07, 6.45) is 0. The molecule has 128 valence electrons. The van der Waals surface area contributed by atoms with E-state index in [2.05, 4.69) is 40.0 Å². The summed E-state index contributed by atoms with van der Waals surface area (Å²) >= 11 is 3.37. The van der Waals surface area contributed by atoms with E-state index in [-0.39, 0.29) is 12.5 Å². The van der Waals surface area contributed by atoms with Gasteiger partial charge in [-0.25, -0.2) is 4.79 Å². The third-order valence-electron chi connectivity index (χ3n) is 3.70. The standard InChI is InChI=1S/C19H17BrN2O3/c1-12(2)13-3-5-15(6-4-13)19(23)24-11-17-21-22-18(25-17)14-7-9-16(20)10-8-14/h3-10,12H,11H2,1-2H3. The average Bonchev–Trinajstić information content (AvgIpc) is 3.09. The van der Waals surface area contributed by atoms with E-state index < -0.39 is 5.97 Å². The molecule has 0 aliphatic heterocycles. The number of esters is 1. The monoisotopic (exact) mass is 400 g/mol. The fourth-order valence-corrected chi connectivity index (χ4v) is 2.50. The van der Waals surface area contributed by atoms with Gasteiger partial charge < -0.3 is 9.15 Å². The van der Waals surface area contributed by atoms with Crippen molar-refractivity contribution >= 4 is 21.9 Å². The fourth-order valence-electron chi connectivity index (χ4n) is 2.24. The van der Waals surface area contributed by atoms with Crippen LogP contribution in [0, 0.1) is 0 Å². The summed E-state index contributed by atoms with van der Waals surface area (Å²) in [6, 6.07) is 14.9. The lowest BCUT2D eigenvalue weighted by molar-refractivity contribution is 0.0438. The van der Waals surface area contributed by atoms with Gasteiger partial charge in [0.2, 0.25) is 5.89 Å². The molecule has 0 fully saturated rings. The molecule has 3 aromatic rings. The second-order valence-corrected chi connectivity index (χ2v) is 6.78. The molecule has 0 unspecified atom stereocenters. The molecule has 0 amide bonds. The maximum absolute atomic E-state index is 12.1.